The molecule has 31 heavy (non-hydrogen) atoms. The average Bonchev–Trinajstić information content (AvgIpc) is 3.23. The van der Waals surface area contributed by atoms with Crippen LogP contribution in [0.25, 0.3) is 0 Å². The molecule has 1 unspecified atom stereocenters. The number of ether oxygens (including phenoxy) is 3. The minimum atomic E-state index is -1.03. The Balaban J connectivity index is 1.36. The Morgan fingerprint density at radius 1 is 1.13 bits per heavy atom. The molecule has 1 aromatic heterocycles. The maximum absolute atomic E-state index is 12.9. The van der Waals surface area contributed by atoms with Gasteiger partial charge in [0, 0.05) is 39.1 Å². The third-order valence-corrected chi connectivity index (χ3v) is 5.51. The summed E-state index contributed by atoms with van der Waals surface area (Å²) < 4.78 is 18.7. The highest BCUT2D eigenvalue weighted by molar-refractivity contribution is 5.91. The van der Waals surface area contributed by atoms with Crippen molar-refractivity contribution in [3.63, 3.8) is 0 Å². The smallest absolute Gasteiger partial charge is 0.317 e. The lowest BCUT2D eigenvalue weighted by molar-refractivity contribution is -0.281. The van der Waals surface area contributed by atoms with E-state index < -0.39 is 5.79 Å². The van der Waals surface area contributed by atoms with E-state index in [9.17, 15) is 9.59 Å². The molecule has 3 amide bonds. The lowest BCUT2D eigenvalue weighted by Crippen LogP contribution is -2.64. The Morgan fingerprint density at radius 2 is 1.81 bits per heavy atom. The minimum absolute atomic E-state index is 0.181. The van der Waals surface area contributed by atoms with Gasteiger partial charge in [-0.1, -0.05) is 12.1 Å². The van der Waals surface area contributed by atoms with Crippen molar-refractivity contribution in [1.82, 2.24) is 24.7 Å². The second-order valence-corrected chi connectivity index (χ2v) is 7.62. The molecule has 1 atom stereocenters. The minimum Gasteiger partial charge on any atom is -0.497 e. The standard InChI is InChI=1S/C21H27N5O5/c1-24-8-7-22-18(24)19(27)25-9-11-30-21(14-25)15-26(10-12-31-21)20(28)23-13-16-3-5-17(29-2)6-4-16/h3-8H,9-15H2,1-2H3,(H,23,28). The molecule has 3 heterocycles. The van der Waals surface area contributed by atoms with Gasteiger partial charge in [-0.15, -0.1) is 0 Å². The summed E-state index contributed by atoms with van der Waals surface area (Å²) in [5, 5.41) is 2.93. The van der Waals surface area contributed by atoms with E-state index in [-0.39, 0.29) is 25.0 Å². The molecule has 2 saturated heterocycles. The van der Waals surface area contributed by atoms with Crippen LogP contribution in [-0.2, 0) is 23.1 Å². The number of aromatic nitrogens is 2. The highest BCUT2D eigenvalue weighted by atomic mass is 16.7. The van der Waals surface area contributed by atoms with Crippen LogP contribution in [0, 0.1) is 0 Å². The number of hydrogen-bond donors (Lipinski definition) is 1. The fraction of sp³-hybridized carbons (Fsp3) is 0.476. The molecule has 0 saturated carbocycles. The van der Waals surface area contributed by atoms with Gasteiger partial charge in [-0.05, 0) is 17.7 Å². The van der Waals surface area contributed by atoms with Crippen molar-refractivity contribution in [2.24, 2.45) is 7.05 Å². The van der Waals surface area contributed by atoms with Gasteiger partial charge in [0.1, 0.15) is 5.75 Å². The number of methoxy groups -OCH3 is 1. The van der Waals surface area contributed by atoms with Crippen molar-refractivity contribution in [1.29, 1.82) is 0 Å². The van der Waals surface area contributed by atoms with Gasteiger partial charge >= 0.3 is 6.03 Å². The highest BCUT2D eigenvalue weighted by Crippen LogP contribution is 2.25. The number of nitrogens with zero attached hydrogens (tertiary/aromatic N) is 4. The lowest BCUT2D eigenvalue weighted by atomic mass is 10.1. The Morgan fingerprint density at radius 3 is 2.45 bits per heavy atom. The lowest BCUT2D eigenvalue weighted by Gasteiger charge is -2.47. The number of hydrogen-bond acceptors (Lipinski definition) is 6. The zero-order valence-electron chi connectivity index (χ0n) is 17.7. The second-order valence-electron chi connectivity index (χ2n) is 7.62. The molecule has 2 aliphatic heterocycles. The summed E-state index contributed by atoms with van der Waals surface area (Å²) in [7, 11) is 3.39. The largest absolute Gasteiger partial charge is 0.497 e. The van der Waals surface area contributed by atoms with Crippen LogP contribution in [0.5, 0.6) is 5.75 Å². The first-order valence-corrected chi connectivity index (χ1v) is 10.2. The molecule has 2 aliphatic rings. The third kappa shape index (κ3) is 4.64. The van der Waals surface area contributed by atoms with Crippen LogP contribution in [0.4, 0.5) is 4.79 Å². The van der Waals surface area contributed by atoms with E-state index in [1.54, 1.807) is 40.9 Å². The fourth-order valence-corrected chi connectivity index (χ4v) is 3.79. The van der Waals surface area contributed by atoms with Gasteiger partial charge in [-0.3, -0.25) is 4.79 Å². The summed E-state index contributed by atoms with van der Waals surface area (Å²) in [6, 6.07) is 7.33. The topological polar surface area (TPSA) is 98.2 Å². The Bertz CT molecular complexity index is 926. The number of aryl methyl sites for hydroxylation is 1. The van der Waals surface area contributed by atoms with Gasteiger partial charge < -0.3 is 33.9 Å². The van der Waals surface area contributed by atoms with Crippen molar-refractivity contribution in [2.45, 2.75) is 12.3 Å². The van der Waals surface area contributed by atoms with Crippen LogP contribution in [-0.4, -0.2) is 83.6 Å². The normalized spacial score (nSPS) is 21.2. The Kier molecular flexibility index (Phi) is 6.10. The molecular weight excluding hydrogens is 402 g/mol. The molecule has 2 fully saturated rings. The van der Waals surface area contributed by atoms with Crippen LogP contribution >= 0.6 is 0 Å². The van der Waals surface area contributed by atoms with E-state index >= 15 is 0 Å². The van der Waals surface area contributed by atoms with E-state index in [2.05, 4.69) is 10.3 Å². The zero-order chi connectivity index (χ0) is 21.8. The Hall–Kier alpha value is -3.11. The number of imidazole rings is 1. The van der Waals surface area contributed by atoms with Crippen molar-refractivity contribution in [3.05, 3.63) is 48.0 Å². The maximum atomic E-state index is 12.9. The maximum Gasteiger partial charge on any atom is 0.317 e. The number of carbonyl (C=O) groups excluding carboxylic acids is 2. The molecule has 1 N–H and O–H groups in total. The zero-order valence-corrected chi connectivity index (χ0v) is 17.7. The number of urea groups is 1. The van der Waals surface area contributed by atoms with Gasteiger partial charge in [-0.2, -0.15) is 0 Å². The first-order valence-electron chi connectivity index (χ1n) is 10.2. The monoisotopic (exact) mass is 429 g/mol. The number of rotatable bonds is 4. The van der Waals surface area contributed by atoms with E-state index in [1.165, 1.54) is 0 Å². The molecule has 0 radical (unpaired) electrons. The van der Waals surface area contributed by atoms with Gasteiger partial charge in [0.15, 0.2) is 5.82 Å². The third-order valence-electron chi connectivity index (χ3n) is 5.51. The van der Waals surface area contributed by atoms with Gasteiger partial charge in [0.2, 0.25) is 5.79 Å². The van der Waals surface area contributed by atoms with E-state index in [4.69, 9.17) is 14.2 Å². The molecular formula is C21H27N5O5. The molecule has 1 spiro atoms. The van der Waals surface area contributed by atoms with Crippen molar-refractivity contribution in [2.75, 3.05) is 46.5 Å². The van der Waals surface area contributed by atoms with Crippen LogP contribution in [0.2, 0.25) is 0 Å². The Labute approximate surface area is 180 Å². The molecule has 1 aromatic carbocycles. The molecule has 4 rings (SSSR count). The summed E-state index contributed by atoms with van der Waals surface area (Å²) in [6.45, 7) is 2.44. The summed E-state index contributed by atoms with van der Waals surface area (Å²) in [5.74, 6) is -0.0829. The second kappa shape index (κ2) is 8.94. The molecule has 166 valence electrons. The summed E-state index contributed by atoms with van der Waals surface area (Å²) >= 11 is 0. The van der Waals surface area contributed by atoms with Crippen molar-refractivity contribution < 1.29 is 23.8 Å². The number of benzene rings is 1. The fourth-order valence-electron chi connectivity index (χ4n) is 3.79. The molecule has 0 aliphatic carbocycles. The van der Waals surface area contributed by atoms with Crippen LogP contribution in [0.1, 0.15) is 16.2 Å². The predicted octanol–water partition coefficient (Wildman–Crippen LogP) is 0.839. The number of amides is 3. The van der Waals surface area contributed by atoms with Gasteiger partial charge in [-0.25, -0.2) is 9.78 Å². The van der Waals surface area contributed by atoms with Crippen LogP contribution < -0.4 is 10.1 Å². The first-order chi connectivity index (χ1) is 15.0. The molecule has 10 heteroatoms. The first kappa shape index (κ1) is 21.1. The highest BCUT2D eigenvalue weighted by Gasteiger charge is 2.45. The van der Waals surface area contributed by atoms with Crippen LogP contribution in [0.3, 0.4) is 0 Å². The van der Waals surface area contributed by atoms with Gasteiger partial charge in [0.05, 0.1) is 33.4 Å². The number of nitrogens with one attached hydrogen (secondary N) is 1. The van der Waals surface area contributed by atoms with E-state index in [0.717, 1.165) is 11.3 Å². The summed E-state index contributed by atoms with van der Waals surface area (Å²) in [6.07, 6.45) is 3.32. The molecule has 10 nitrogen and oxygen atoms in total. The number of morpholine rings is 2. The average molecular weight is 429 g/mol. The van der Waals surface area contributed by atoms with Crippen molar-refractivity contribution in [3.8, 4) is 5.75 Å². The quantitative estimate of drug-likeness (QED) is 0.774. The van der Waals surface area contributed by atoms with E-state index in [1.807, 2.05) is 24.3 Å². The predicted molar refractivity (Wildman–Crippen MR) is 111 cm³/mol. The van der Waals surface area contributed by atoms with Gasteiger partial charge in [0.25, 0.3) is 5.91 Å². The van der Waals surface area contributed by atoms with Crippen molar-refractivity contribution >= 4 is 11.9 Å². The van der Waals surface area contributed by atoms with E-state index in [0.29, 0.717) is 38.7 Å². The number of carbonyl (C=O) groups is 2. The summed E-state index contributed by atoms with van der Waals surface area (Å²) in [5.41, 5.74) is 0.970. The molecule has 2 aromatic rings. The summed E-state index contributed by atoms with van der Waals surface area (Å²) in [4.78, 5) is 33.1. The SMILES string of the molecule is COc1ccc(CNC(=O)N2CCOC3(C2)CN(C(=O)c2nccn2C)CCO3)cc1. The van der Waals surface area contributed by atoms with Crippen LogP contribution in [0.15, 0.2) is 36.7 Å². The molecule has 0 bridgehead atoms.